The Labute approximate surface area is 156 Å². The monoisotopic (exact) mass is 380 g/mol. The zero-order chi connectivity index (χ0) is 18.1. The van der Waals surface area contributed by atoms with Crippen LogP contribution < -0.4 is 5.32 Å². The zero-order valence-corrected chi connectivity index (χ0v) is 16.3. The van der Waals surface area contributed by atoms with Gasteiger partial charge in [0.2, 0.25) is 5.91 Å². The molecule has 0 aliphatic rings. The van der Waals surface area contributed by atoms with Gasteiger partial charge in [-0.1, -0.05) is 44.4 Å². The van der Waals surface area contributed by atoms with Crippen LogP contribution in [0.25, 0.3) is 10.2 Å². The molecule has 0 fully saturated rings. The number of carbonyl (C=O) groups is 2. The standard InChI is InChI=1S/C18H24N2O3S2/c1-3-4-5-6-7-10-23-17(22)12-24-18-20-15-9-8-14(19-13(2)21)11-16(15)25-18/h8-9,11H,3-7,10,12H2,1-2H3,(H,19,21). The minimum atomic E-state index is -0.196. The fourth-order valence-electron chi connectivity index (χ4n) is 2.30. The minimum absolute atomic E-state index is 0.101. The van der Waals surface area contributed by atoms with Gasteiger partial charge in [-0.25, -0.2) is 4.98 Å². The molecular weight excluding hydrogens is 356 g/mol. The van der Waals surface area contributed by atoms with Crippen LogP contribution in [0.2, 0.25) is 0 Å². The number of carbonyl (C=O) groups excluding carboxylic acids is 2. The molecule has 0 saturated heterocycles. The maximum atomic E-state index is 11.8. The first kappa shape index (κ1) is 19.7. The lowest BCUT2D eigenvalue weighted by atomic mass is 10.2. The number of amides is 1. The number of unbranched alkanes of at least 4 members (excludes halogenated alkanes) is 4. The van der Waals surface area contributed by atoms with Crippen LogP contribution in [0.4, 0.5) is 5.69 Å². The number of hydrogen-bond acceptors (Lipinski definition) is 6. The zero-order valence-electron chi connectivity index (χ0n) is 14.7. The van der Waals surface area contributed by atoms with Crippen molar-refractivity contribution >= 4 is 50.9 Å². The lowest BCUT2D eigenvalue weighted by Gasteiger charge is -2.03. The van der Waals surface area contributed by atoms with Gasteiger partial charge >= 0.3 is 5.97 Å². The van der Waals surface area contributed by atoms with E-state index in [1.54, 1.807) is 0 Å². The van der Waals surface area contributed by atoms with E-state index in [0.717, 1.165) is 33.1 Å². The molecule has 2 aromatic rings. The predicted octanol–water partition coefficient (Wildman–Crippen LogP) is 4.86. The van der Waals surface area contributed by atoms with Crippen LogP contribution in [0.1, 0.15) is 46.0 Å². The van der Waals surface area contributed by atoms with E-state index in [4.69, 9.17) is 4.74 Å². The summed E-state index contributed by atoms with van der Waals surface area (Å²) in [5, 5.41) is 2.76. The second-order valence-electron chi connectivity index (χ2n) is 5.77. The fourth-order valence-corrected chi connectivity index (χ4v) is 4.21. The number of nitrogens with zero attached hydrogens (tertiary/aromatic N) is 1. The first-order valence-electron chi connectivity index (χ1n) is 8.55. The molecule has 1 aromatic heterocycles. The molecule has 0 unspecified atom stereocenters. The summed E-state index contributed by atoms with van der Waals surface area (Å²) < 4.78 is 7.06. The molecule has 1 heterocycles. The van der Waals surface area contributed by atoms with Gasteiger partial charge in [0.15, 0.2) is 4.34 Å². The number of fused-ring (bicyclic) bond motifs is 1. The topological polar surface area (TPSA) is 68.3 Å². The molecular formula is C18H24N2O3S2. The maximum absolute atomic E-state index is 11.8. The third-order valence-corrected chi connectivity index (χ3v) is 5.65. The van der Waals surface area contributed by atoms with Gasteiger partial charge in [0, 0.05) is 12.6 Å². The van der Waals surface area contributed by atoms with Gasteiger partial charge in [0.25, 0.3) is 0 Å². The van der Waals surface area contributed by atoms with Gasteiger partial charge in [-0.2, -0.15) is 0 Å². The Balaban J connectivity index is 1.76. The van der Waals surface area contributed by atoms with Crippen molar-refractivity contribution in [3.05, 3.63) is 18.2 Å². The Hall–Kier alpha value is -1.60. The van der Waals surface area contributed by atoms with Crippen molar-refractivity contribution in [1.29, 1.82) is 0 Å². The molecule has 1 aromatic carbocycles. The van der Waals surface area contributed by atoms with Crippen LogP contribution in [-0.2, 0) is 14.3 Å². The van der Waals surface area contributed by atoms with Gasteiger partial charge in [0.05, 0.1) is 22.6 Å². The summed E-state index contributed by atoms with van der Waals surface area (Å²) in [6.07, 6.45) is 5.71. The number of nitrogens with one attached hydrogen (secondary N) is 1. The summed E-state index contributed by atoms with van der Waals surface area (Å²) in [6.45, 7) is 4.16. The molecule has 0 bridgehead atoms. The van der Waals surface area contributed by atoms with Crippen LogP contribution >= 0.6 is 23.1 Å². The van der Waals surface area contributed by atoms with Crippen molar-refractivity contribution in [2.75, 3.05) is 17.7 Å². The summed E-state index contributed by atoms with van der Waals surface area (Å²) in [5.74, 6) is -0.0255. The number of aromatic nitrogens is 1. The van der Waals surface area contributed by atoms with E-state index < -0.39 is 0 Å². The van der Waals surface area contributed by atoms with Gasteiger partial charge in [-0.15, -0.1) is 11.3 Å². The average molecular weight is 381 g/mol. The van der Waals surface area contributed by atoms with Crippen LogP contribution in [0.3, 0.4) is 0 Å². The SMILES string of the molecule is CCCCCCCOC(=O)CSc1nc2ccc(NC(C)=O)cc2s1. The van der Waals surface area contributed by atoms with Gasteiger partial charge in [-0.3, -0.25) is 9.59 Å². The average Bonchev–Trinajstić information content (AvgIpc) is 2.97. The Morgan fingerprint density at radius 1 is 1.24 bits per heavy atom. The minimum Gasteiger partial charge on any atom is -0.465 e. The molecule has 0 aliphatic heterocycles. The molecule has 0 spiro atoms. The van der Waals surface area contributed by atoms with Crippen molar-refractivity contribution in [1.82, 2.24) is 4.98 Å². The number of benzene rings is 1. The van der Waals surface area contributed by atoms with Gasteiger partial charge in [-0.05, 0) is 24.6 Å². The van der Waals surface area contributed by atoms with Gasteiger partial charge in [0.1, 0.15) is 0 Å². The normalized spacial score (nSPS) is 10.8. The molecule has 1 amide bonds. The highest BCUT2D eigenvalue weighted by Crippen LogP contribution is 2.31. The number of anilines is 1. The predicted molar refractivity (Wildman–Crippen MR) is 104 cm³/mol. The number of thioether (sulfide) groups is 1. The molecule has 25 heavy (non-hydrogen) atoms. The van der Waals surface area contributed by atoms with Crippen molar-refractivity contribution < 1.29 is 14.3 Å². The number of ether oxygens (including phenoxy) is 1. The van der Waals surface area contributed by atoms with Crippen molar-refractivity contribution in [2.24, 2.45) is 0 Å². The second-order valence-corrected chi connectivity index (χ2v) is 8.02. The lowest BCUT2D eigenvalue weighted by molar-refractivity contribution is -0.140. The fraction of sp³-hybridized carbons (Fsp3) is 0.500. The highest BCUT2D eigenvalue weighted by molar-refractivity contribution is 8.01. The summed E-state index contributed by atoms with van der Waals surface area (Å²) in [6, 6.07) is 5.59. The van der Waals surface area contributed by atoms with E-state index in [1.807, 2.05) is 18.2 Å². The molecule has 0 atom stereocenters. The second kappa shape index (κ2) is 10.4. The van der Waals surface area contributed by atoms with Crippen molar-refractivity contribution in [3.8, 4) is 0 Å². The number of esters is 1. The van der Waals surface area contributed by atoms with E-state index in [0.29, 0.717) is 6.61 Å². The van der Waals surface area contributed by atoms with Crippen LogP contribution in [0.15, 0.2) is 22.5 Å². The first-order valence-corrected chi connectivity index (χ1v) is 10.4. The van der Waals surface area contributed by atoms with Crippen LogP contribution in [0, 0.1) is 0 Å². The Morgan fingerprint density at radius 3 is 2.80 bits per heavy atom. The Morgan fingerprint density at radius 2 is 2.04 bits per heavy atom. The van der Waals surface area contributed by atoms with E-state index >= 15 is 0 Å². The van der Waals surface area contributed by atoms with Crippen LogP contribution in [0.5, 0.6) is 0 Å². The molecule has 136 valence electrons. The third-order valence-electron chi connectivity index (χ3n) is 3.51. The largest absolute Gasteiger partial charge is 0.465 e. The number of hydrogen-bond donors (Lipinski definition) is 1. The molecule has 0 aliphatic carbocycles. The van der Waals surface area contributed by atoms with Crippen LogP contribution in [-0.4, -0.2) is 29.2 Å². The Bertz CT molecular complexity index is 715. The van der Waals surface area contributed by atoms with E-state index in [-0.39, 0.29) is 17.6 Å². The molecule has 0 radical (unpaired) electrons. The Kier molecular flexibility index (Phi) is 8.21. The molecule has 0 saturated carbocycles. The lowest BCUT2D eigenvalue weighted by Crippen LogP contribution is -2.08. The smallest absolute Gasteiger partial charge is 0.316 e. The molecule has 5 nitrogen and oxygen atoms in total. The van der Waals surface area contributed by atoms with Crippen molar-refractivity contribution in [3.63, 3.8) is 0 Å². The number of rotatable bonds is 10. The molecule has 7 heteroatoms. The molecule has 2 rings (SSSR count). The maximum Gasteiger partial charge on any atom is 0.316 e. The van der Waals surface area contributed by atoms with Gasteiger partial charge < -0.3 is 10.1 Å². The van der Waals surface area contributed by atoms with E-state index in [2.05, 4.69) is 17.2 Å². The quantitative estimate of drug-likeness (QED) is 0.362. The summed E-state index contributed by atoms with van der Waals surface area (Å²) in [7, 11) is 0. The number of thiazole rings is 1. The first-order chi connectivity index (χ1) is 12.1. The van der Waals surface area contributed by atoms with Crippen molar-refractivity contribution in [2.45, 2.75) is 50.3 Å². The summed E-state index contributed by atoms with van der Waals surface area (Å²) in [4.78, 5) is 27.4. The summed E-state index contributed by atoms with van der Waals surface area (Å²) >= 11 is 2.90. The highest BCUT2D eigenvalue weighted by Gasteiger charge is 2.09. The highest BCUT2D eigenvalue weighted by atomic mass is 32.2. The van der Waals surface area contributed by atoms with E-state index in [9.17, 15) is 9.59 Å². The third kappa shape index (κ3) is 7.04. The summed E-state index contributed by atoms with van der Waals surface area (Å²) in [5.41, 5.74) is 1.62. The van der Waals surface area contributed by atoms with E-state index in [1.165, 1.54) is 49.3 Å². The molecule has 1 N–H and O–H groups in total.